The molecule has 106 valence electrons. The monoisotopic (exact) mass is 404 g/mol. The van der Waals surface area contributed by atoms with Gasteiger partial charge in [-0.15, -0.1) is 0 Å². The third-order valence-corrected chi connectivity index (χ3v) is 4.74. The Morgan fingerprint density at radius 1 is 1.05 bits per heavy atom. The molecule has 0 atom stereocenters. The summed E-state index contributed by atoms with van der Waals surface area (Å²) in [4.78, 5) is 0.116. The van der Waals surface area contributed by atoms with E-state index in [-0.39, 0.29) is 10.6 Å². The maximum atomic E-state index is 12.3. The molecule has 0 heterocycles. The lowest BCUT2D eigenvalue weighted by Gasteiger charge is -2.12. The summed E-state index contributed by atoms with van der Waals surface area (Å²) < 4.78 is 35.5. The molecule has 0 aliphatic carbocycles. The van der Waals surface area contributed by atoms with Crippen molar-refractivity contribution in [2.45, 2.75) is 11.8 Å². The maximum absolute atomic E-state index is 12.3. The number of hydrogen-bond donors (Lipinski definition) is 0. The Balaban J connectivity index is 2.41. The maximum Gasteiger partial charge on any atom is 0.339 e. The van der Waals surface area contributed by atoms with Crippen LogP contribution in [0.1, 0.15) is 5.56 Å². The molecular weight excluding hydrogens is 391 g/mol. The molecule has 0 aliphatic heterocycles. The van der Waals surface area contributed by atoms with Crippen LogP contribution in [0.25, 0.3) is 0 Å². The number of ether oxygens (including phenoxy) is 1. The highest BCUT2D eigenvalue weighted by molar-refractivity contribution is 14.1. The zero-order chi connectivity index (χ0) is 14.8. The molecule has 2 rings (SSSR count). The molecular formula is C14H13IO4S. The van der Waals surface area contributed by atoms with E-state index >= 15 is 0 Å². The summed E-state index contributed by atoms with van der Waals surface area (Å²) in [5.74, 6) is 0.587. The molecule has 0 saturated heterocycles. The summed E-state index contributed by atoms with van der Waals surface area (Å²) in [7, 11) is -2.40. The molecule has 4 nitrogen and oxygen atoms in total. The van der Waals surface area contributed by atoms with Crippen molar-refractivity contribution in [1.29, 1.82) is 0 Å². The normalized spacial score (nSPS) is 11.2. The van der Waals surface area contributed by atoms with Gasteiger partial charge in [0.05, 0.1) is 10.7 Å². The predicted molar refractivity (Wildman–Crippen MR) is 84.7 cm³/mol. The van der Waals surface area contributed by atoms with E-state index in [9.17, 15) is 8.42 Å². The van der Waals surface area contributed by atoms with Gasteiger partial charge in [0.25, 0.3) is 0 Å². The van der Waals surface area contributed by atoms with Gasteiger partial charge in [0.1, 0.15) is 4.90 Å². The van der Waals surface area contributed by atoms with Crippen LogP contribution in [0.3, 0.4) is 0 Å². The van der Waals surface area contributed by atoms with Gasteiger partial charge in [-0.1, -0.05) is 23.8 Å². The fourth-order valence-corrected chi connectivity index (χ4v) is 3.28. The van der Waals surface area contributed by atoms with Crippen molar-refractivity contribution in [1.82, 2.24) is 0 Å². The Hall–Kier alpha value is -1.28. The minimum absolute atomic E-state index is 0.116. The molecule has 0 unspecified atom stereocenters. The van der Waals surface area contributed by atoms with E-state index in [0.29, 0.717) is 9.32 Å². The third-order valence-electron chi connectivity index (χ3n) is 2.65. The summed E-state index contributed by atoms with van der Waals surface area (Å²) in [6, 6.07) is 11.7. The van der Waals surface area contributed by atoms with Gasteiger partial charge in [-0.05, 0) is 53.8 Å². The van der Waals surface area contributed by atoms with E-state index in [1.807, 2.05) is 29.5 Å². The van der Waals surface area contributed by atoms with Crippen molar-refractivity contribution >= 4 is 32.7 Å². The minimum atomic E-state index is -3.87. The van der Waals surface area contributed by atoms with Crippen LogP contribution in [0, 0.1) is 10.5 Å². The van der Waals surface area contributed by atoms with Crippen molar-refractivity contribution in [3.63, 3.8) is 0 Å². The van der Waals surface area contributed by atoms with Crippen LogP contribution < -0.4 is 8.92 Å². The van der Waals surface area contributed by atoms with Crippen molar-refractivity contribution in [3.05, 3.63) is 51.6 Å². The number of aryl methyl sites for hydroxylation is 1. The van der Waals surface area contributed by atoms with Gasteiger partial charge in [-0.2, -0.15) is 8.42 Å². The highest BCUT2D eigenvalue weighted by Crippen LogP contribution is 2.34. The molecule has 20 heavy (non-hydrogen) atoms. The van der Waals surface area contributed by atoms with Crippen LogP contribution in [-0.2, 0) is 10.1 Å². The van der Waals surface area contributed by atoms with Crippen LogP contribution >= 0.6 is 22.6 Å². The van der Waals surface area contributed by atoms with E-state index in [0.717, 1.165) is 5.56 Å². The molecule has 0 radical (unpaired) electrons. The van der Waals surface area contributed by atoms with Crippen molar-refractivity contribution in [3.8, 4) is 11.5 Å². The van der Waals surface area contributed by atoms with E-state index in [4.69, 9.17) is 8.92 Å². The Labute approximate surface area is 132 Å². The average molecular weight is 404 g/mol. The molecule has 0 N–H and O–H groups in total. The fraction of sp³-hybridized carbons (Fsp3) is 0.143. The van der Waals surface area contributed by atoms with Crippen molar-refractivity contribution < 1.29 is 17.3 Å². The molecule has 6 heteroatoms. The van der Waals surface area contributed by atoms with Gasteiger partial charge in [-0.25, -0.2) is 0 Å². The SMILES string of the molecule is COc1cccc(I)c1OS(=O)(=O)c1ccc(C)cc1. The lowest BCUT2D eigenvalue weighted by Crippen LogP contribution is -2.11. The van der Waals surface area contributed by atoms with Crippen LogP contribution in [0.4, 0.5) is 0 Å². The summed E-state index contributed by atoms with van der Waals surface area (Å²) in [5, 5.41) is 0. The van der Waals surface area contributed by atoms with E-state index in [1.165, 1.54) is 19.2 Å². The quantitative estimate of drug-likeness (QED) is 0.579. The van der Waals surface area contributed by atoms with Gasteiger partial charge in [-0.3, -0.25) is 0 Å². The number of halogens is 1. The molecule has 0 saturated carbocycles. The van der Waals surface area contributed by atoms with Crippen LogP contribution in [0.5, 0.6) is 11.5 Å². The number of para-hydroxylation sites is 1. The number of benzene rings is 2. The summed E-state index contributed by atoms with van der Waals surface area (Å²) in [5.41, 5.74) is 0.982. The predicted octanol–water partition coefficient (Wildman–Crippen LogP) is 3.38. The van der Waals surface area contributed by atoms with Gasteiger partial charge < -0.3 is 8.92 Å². The zero-order valence-corrected chi connectivity index (χ0v) is 13.9. The average Bonchev–Trinajstić information content (AvgIpc) is 2.41. The van der Waals surface area contributed by atoms with E-state index in [1.54, 1.807) is 30.3 Å². The largest absolute Gasteiger partial charge is 0.493 e. The summed E-state index contributed by atoms with van der Waals surface area (Å²) >= 11 is 2.00. The Morgan fingerprint density at radius 2 is 1.70 bits per heavy atom. The van der Waals surface area contributed by atoms with Gasteiger partial charge in [0, 0.05) is 0 Å². The second-order valence-corrected chi connectivity index (χ2v) is 6.83. The molecule has 0 spiro atoms. The van der Waals surface area contributed by atoms with Gasteiger partial charge >= 0.3 is 10.1 Å². The van der Waals surface area contributed by atoms with Gasteiger partial charge in [0.2, 0.25) is 0 Å². The summed E-state index contributed by atoms with van der Waals surface area (Å²) in [6.45, 7) is 1.89. The smallest absolute Gasteiger partial charge is 0.339 e. The highest BCUT2D eigenvalue weighted by Gasteiger charge is 2.20. The highest BCUT2D eigenvalue weighted by atomic mass is 127. The second-order valence-electron chi connectivity index (χ2n) is 4.12. The first-order valence-electron chi connectivity index (χ1n) is 5.77. The molecule has 0 aliphatic rings. The molecule has 2 aromatic rings. The number of rotatable bonds is 4. The molecule has 0 aromatic heterocycles. The molecule has 2 aromatic carbocycles. The van der Waals surface area contributed by atoms with Crippen molar-refractivity contribution in [2.75, 3.05) is 7.11 Å². The first kappa shape index (κ1) is 15.1. The molecule has 0 amide bonds. The number of hydrogen-bond acceptors (Lipinski definition) is 4. The van der Waals surface area contributed by atoms with Crippen LogP contribution in [0.2, 0.25) is 0 Å². The zero-order valence-electron chi connectivity index (χ0n) is 11.0. The Morgan fingerprint density at radius 3 is 2.30 bits per heavy atom. The molecule has 0 fully saturated rings. The first-order chi connectivity index (χ1) is 9.44. The third kappa shape index (κ3) is 3.24. The molecule has 0 bridgehead atoms. The fourth-order valence-electron chi connectivity index (χ4n) is 1.59. The minimum Gasteiger partial charge on any atom is -0.493 e. The van der Waals surface area contributed by atoms with E-state index in [2.05, 4.69) is 0 Å². The lowest BCUT2D eigenvalue weighted by atomic mass is 10.2. The second kappa shape index (κ2) is 6.01. The first-order valence-corrected chi connectivity index (χ1v) is 8.26. The van der Waals surface area contributed by atoms with Crippen molar-refractivity contribution in [2.24, 2.45) is 0 Å². The Kier molecular flexibility index (Phi) is 4.54. The standard InChI is InChI=1S/C14H13IO4S/c1-10-6-8-11(9-7-10)20(16,17)19-14-12(15)4-3-5-13(14)18-2/h3-9H,1-2H3. The van der Waals surface area contributed by atoms with Crippen LogP contribution in [-0.4, -0.2) is 15.5 Å². The van der Waals surface area contributed by atoms with E-state index < -0.39 is 10.1 Å². The topological polar surface area (TPSA) is 52.6 Å². The van der Waals surface area contributed by atoms with Gasteiger partial charge in [0.15, 0.2) is 11.5 Å². The number of methoxy groups -OCH3 is 1. The van der Waals surface area contributed by atoms with Crippen LogP contribution in [0.15, 0.2) is 47.4 Å². The summed E-state index contributed by atoms with van der Waals surface area (Å²) in [6.07, 6.45) is 0. The lowest BCUT2D eigenvalue weighted by molar-refractivity contribution is 0.389. The Bertz CT molecular complexity index is 708.